The molecule has 0 fully saturated rings. The second-order valence-electron chi connectivity index (χ2n) is 5.28. The van der Waals surface area contributed by atoms with Gasteiger partial charge in [0.05, 0.1) is 9.79 Å². The summed E-state index contributed by atoms with van der Waals surface area (Å²) in [7, 11) is -11.5. The molecule has 2 rings (SSSR count). The minimum atomic E-state index is -5.76. The van der Waals surface area contributed by atoms with Crippen molar-refractivity contribution < 1.29 is 48.0 Å². The monoisotopic (exact) mass is 446 g/mol. The van der Waals surface area contributed by atoms with Gasteiger partial charge in [0.25, 0.3) is 19.7 Å². The Morgan fingerprint density at radius 3 is 1.25 bits per heavy atom. The van der Waals surface area contributed by atoms with Crippen molar-refractivity contribution in [2.45, 2.75) is 20.8 Å². The molecule has 13 heteroatoms. The molecule has 0 bridgehead atoms. The number of hydrogen-bond donors (Lipinski definition) is 0. The molecule has 0 radical (unpaired) electrons. The van der Waals surface area contributed by atoms with Gasteiger partial charge in [-0.1, -0.05) is 24.3 Å². The van der Waals surface area contributed by atoms with Gasteiger partial charge in [0, 0.05) is 11.1 Å². The minimum absolute atomic E-state index is 0.399. The van der Waals surface area contributed by atoms with Gasteiger partial charge in [-0.25, -0.2) is 16.8 Å². The number of rotatable bonds is 4. The Morgan fingerprint density at radius 1 is 0.643 bits per heavy atom. The van der Waals surface area contributed by atoms with Gasteiger partial charge in [-0.05, 0) is 24.3 Å². The van der Waals surface area contributed by atoms with E-state index in [-0.39, 0.29) is 0 Å². The smallest absolute Gasteiger partial charge is 0.289 e. The fraction of sp³-hybridized carbons (Fsp3) is 0.133. The van der Waals surface area contributed by atoms with Crippen molar-refractivity contribution in [2.75, 3.05) is 0 Å². The molecule has 0 unspecified atom stereocenters. The Hall–Kier alpha value is -2.41. The highest BCUT2D eigenvalue weighted by molar-refractivity contribution is 7.92. The van der Waals surface area contributed by atoms with Crippen molar-refractivity contribution in [3.8, 4) is 0 Å². The van der Waals surface area contributed by atoms with Crippen molar-refractivity contribution in [2.24, 2.45) is 0 Å². The van der Waals surface area contributed by atoms with Gasteiger partial charge in [-0.3, -0.25) is 4.79 Å². The predicted octanol–water partition coefficient (Wildman–Crippen LogP) is 3.50. The molecule has 0 aromatic heterocycles. The van der Waals surface area contributed by atoms with Crippen LogP contribution < -0.4 is 0 Å². The van der Waals surface area contributed by atoms with Gasteiger partial charge in [0.1, 0.15) is 0 Å². The Balaban J connectivity index is 2.53. The molecule has 28 heavy (non-hydrogen) atoms. The summed E-state index contributed by atoms with van der Waals surface area (Å²) in [5, 5.41) is 0. The first-order valence-electron chi connectivity index (χ1n) is 6.96. The van der Waals surface area contributed by atoms with Crippen LogP contribution in [-0.2, 0) is 19.7 Å². The Kier molecular flexibility index (Phi) is 5.38. The summed E-state index contributed by atoms with van der Waals surface area (Å²) in [5.74, 6) is -1.17. The molecule has 0 aliphatic heterocycles. The molecular formula is C15H8F6O5S2. The number of hydrogen-bond acceptors (Lipinski definition) is 5. The topological polar surface area (TPSA) is 85.3 Å². The van der Waals surface area contributed by atoms with Gasteiger partial charge < -0.3 is 0 Å². The van der Waals surface area contributed by atoms with Crippen LogP contribution in [0.4, 0.5) is 26.3 Å². The van der Waals surface area contributed by atoms with Gasteiger partial charge in [-0.2, -0.15) is 26.3 Å². The van der Waals surface area contributed by atoms with E-state index in [4.69, 9.17) is 0 Å². The van der Waals surface area contributed by atoms with E-state index in [0.29, 0.717) is 24.3 Å². The maximum absolute atomic E-state index is 12.6. The van der Waals surface area contributed by atoms with Crippen molar-refractivity contribution in [1.82, 2.24) is 0 Å². The fourth-order valence-electron chi connectivity index (χ4n) is 2.04. The van der Waals surface area contributed by atoms with E-state index in [1.807, 2.05) is 0 Å². The largest absolute Gasteiger partial charge is 0.501 e. The third-order valence-electron chi connectivity index (χ3n) is 3.42. The number of ketones is 1. The van der Waals surface area contributed by atoms with E-state index in [0.717, 1.165) is 24.3 Å². The van der Waals surface area contributed by atoms with E-state index < -0.39 is 57.4 Å². The van der Waals surface area contributed by atoms with Crippen molar-refractivity contribution in [1.29, 1.82) is 0 Å². The summed E-state index contributed by atoms with van der Waals surface area (Å²) in [4.78, 5) is 9.86. The molecule has 0 aliphatic carbocycles. The number of halogens is 6. The average molecular weight is 446 g/mol. The van der Waals surface area contributed by atoms with Crippen LogP contribution in [0.25, 0.3) is 0 Å². The molecule has 2 aromatic carbocycles. The van der Waals surface area contributed by atoms with E-state index in [2.05, 4.69) is 0 Å². The lowest BCUT2D eigenvalue weighted by Gasteiger charge is -2.10. The normalized spacial score (nSPS) is 13.4. The number of carbonyl (C=O) groups excluding carboxylic acids is 1. The number of sulfone groups is 2. The maximum Gasteiger partial charge on any atom is 0.501 e. The second kappa shape index (κ2) is 6.88. The lowest BCUT2D eigenvalue weighted by atomic mass is 10.0. The zero-order chi connectivity index (χ0) is 21.5. The van der Waals surface area contributed by atoms with Gasteiger partial charge in [0.15, 0.2) is 5.78 Å². The molecule has 0 aliphatic rings. The summed E-state index contributed by atoms with van der Waals surface area (Å²) >= 11 is 0. The van der Waals surface area contributed by atoms with Crippen molar-refractivity contribution >= 4 is 25.5 Å². The zero-order valence-corrected chi connectivity index (χ0v) is 14.9. The van der Waals surface area contributed by atoms with Crippen molar-refractivity contribution in [3.05, 3.63) is 59.7 Å². The van der Waals surface area contributed by atoms with E-state index in [1.165, 1.54) is 0 Å². The highest BCUT2D eigenvalue weighted by Crippen LogP contribution is 2.32. The van der Waals surface area contributed by atoms with Crippen LogP contribution in [0.5, 0.6) is 0 Å². The molecule has 2 aromatic rings. The number of benzene rings is 2. The van der Waals surface area contributed by atoms with E-state index >= 15 is 0 Å². The predicted molar refractivity (Wildman–Crippen MR) is 82.8 cm³/mol. The number of alkyl halides is 6. The number of carbonyl (C=O) groups is 1. The molecule has 0 saturated heterocycles. The molecule has 0 heterocycles. The zero-order valence-electron chi connectivity index (χ0n) is 13.2. The van der Waals surface area contributed by atoms with Gasteiger partial charge in [-0.15, -0.1) is 0 Å². The maximum atomic E-state index is 12.6. The fourth-order valence-corrected chi connectivity index (χ4v) is 3.66. The van der Waals surface area contributed by atoms with Crippen LogP contribution in [0, 0.1) is 0 Å². The first-order valence-corrected chi connectivity index (χ1v) is 9.93. The van der Waals surface area contributed by atoms with Crippen molar-refractivity contribution in [3.63, 3.8) is 0 Å². The van der Waals surface area contributed by atoms with Crippen LogP contribution in [0.15, 0.2) is 58.3 Å². The first-order chi connectivity index (χ1) is 12.6. The van der Waals surface area contributed by atoms with Crippen LogP contribution in [0.1, 0.15) is 15.9 Å². The minimum Gasteiger partial charge on any atom is -0.289 e. The summed E-state index contributed by atoms with van der Waals surface area (Å²) in [5.41, 5.74) is -12.4. The molecule has 0 spiro atoms. The van der Waals surface area contributed by atoms with Crippen LogP contribution in [0.2, 0.25) is 0 Å². The third-order valence-corrected chi connectivity index (χ3v) is 6.39. The summed E-state index contributed by atoms with van der Waals surface area (Å²) in [6, 6.07) is 5.51. The summed E-state index contributed by atoms with van der Waals surface area (Å²) < 4.78 is 121. The van der Waals surface area contributed by atoms with Crippen LogP contribution in [-0.4, -0.2) is 33.6 Å². The highest BCUT2D eigenvalue weighted by Gasteiger charge is 2.48. The second-order valence-corrected chi connectivity index (χ2v) is 9.17. The molecule has 0 N–H and O–H groups in total. The Bertz CT molecular complexity index is 1040. The van der Waals surface area contributed by atoms with E-state index in [1.54, 1.807) is 0 Å². The highest BCUT2D eigenvalue weighted by atomic mass is 32.2. The first kappa shape index (κ1) is 21.9. The lowest BCUT2D eigenvalue weighted by Crippen LogP contribution is -2.24. The van der Waals surface area contributed by atoms with Gasteiger partial charge in [0.2, 0.25) is 0 Å². The quantitative estimate of drug-likeness (QED) is 0.530. The third kappa shape index (κ3) is 3.90. The van der Waals surface area contributed by atoms with E-state index in [9.17, 15) is 48.0 Å². The standard InChI is InChI=1S/C15H8F6O5S2/c16-14(17,18)27(23,24)11-5-1-3-9(7-11)13(22)10-4-2-6-12(8-10)28(25,26)15(19,20)21/h1-8H. The lowest BCUT2D eigenvalue weighted by molar-refractivity contribution is -0.0442. The Labute approximate surface area is 154 Å². The SMILES string of the molecule is O=C(c1cccc(S(=O)(=O)C(F)(F)F)c1)c1cccc(S(=O)(=O)C(F)(F)F)c1. The molecule has 5 nitrogen and oxygen atoms in total. The molecule has 0 atom stereocenters. The summed E-state index contributed by atoms with van der Waals surface area (Å²) in [6.45, 7) is 0. The molecular weight excluding hydrogens is 438 g/mol. The van der Waals surface area contributed by atoms with Crippen LogP contribution >= 0.6 is 0 Å². The van der Waals surface area contributed by atoms with Crippen LogP contribution in [0.3, 0.4) is 0 Å². The Morgan fingerprint density at radius 2 is 0.964 bits per heavy atom. The molecule has 152 valence electrons. The summed E-state index contributed by atoms with van der Waals surface area (Å²) in [6.07, 6.45) is 0. The average Bonchev–Trinajstić information content (AvgIpc) is 2.59. The molecule has 0 amide bonds. The molecule has 0 saturated carbocycles. The van der Waals surface area contributed by atoms with Gasteiger partial charge >= 0.3 is 11.0 Å².